The molecule has 1 aromatic rings. The first kappa shape index (κ1) is 16.3. The van der Waals surface area contributed by atoms with Crippen molar-refractivity contribution in [2.45, 2.75) is 0 Å². The lowest BCUT2D eigenvalue weighted by Crippen LogP contribution is -2.27. The van der Waals surface area contributed by atoms with Crippen LogP contribution in [0.15, 0.2) is 16.6 Å². The number of esters is 1. The lowest BCUT2D eigenvalue weighted by molar-refractivity contribution is -0.131. The molecule has 1 amide bonds. The summed E-state index contributed by atoms with van der Waals surface area (Å²) in [7, 11) is 6.12. The predicted octanol–water partition coefficient (Wildman–Crippen LogP) is 1.71. The third kappa shape index (κ3) is 3.86. The summed E-state index contributed by atoms with van der Waals surface area (Å²) in [6.07, 6.45) is 0. The average molecular weight is 346 g/mol. The van der Waals surface area contributed by atoms with Gasteiger partial charge in [0, 0.05) is 14.1 Å². The molecule has 0 aliphatic carbocycles. The van der Waals surface area contributed by atoms with Crippen LogP contribution in [0.3, 0.4) is 0 Å². The highest BCUT2D eigenvalue weighted by molar-refractivity contribution is 9.10. The van der Waals surface area contributed by atoms with Crippen molar-refractivity contribution >= 4 is 27.8 Å². The van der Waals surface area contributed by atoms with Crippen LogP contribution in [0.1, 0.15) is 10.4 Å². The number of carbonyl (C=O) groups is 2. The molecule has 110 valence electrons. The largest absolute Gasteiger partial charge is 0.495 e. The van der Waals surface area contributed by atoms with Crippen molar-refractivity contribution in [3.63, 3.8) is 0 Å². The molecule has 6 nitrogen and oxygen atoms in total. The van der Waals surface area contributed by atoms with Gasteiger partial charge in [0.2, 0.25) is 0 Å². The van der Waals surface area contributed by atoms with Gasteiger partial charge in [0.1, 0.15) is 16.0 Å². The van der Waals surface area contributed by atoms with Gasteiger partial charge in [0.15, 0.2) is 6.61 Å². The molecule has 1 rings (SSSR count). The number of halogens is 1. The molecule has 0 aliphatic rings. The van der Waals surface area contributed by atoms with Crippen LogP contribution in [0.2, 0.25) is 0 Å². The van der Waals surface area contributed by atoms with Crippen LogP contribution in [-0.4, -0.2) is 51.7 Å². The minimum Gasteiger partial charge on any atom is -0.495 e. The van der Waals surface area contributed by atoms with Crippen molar-refractivity contribution in [2.75, 3.05) is 34.9 Å². The van der Waals surface area contributed by atoms with Gasteiger partial charge in [-0.25, -0.2) is 4.79 Å². The Bertz CT molecular complexity index is 490. The molecule has 0 bridgehead atoms. The van der Waals surface area contributed by atoms with Crippen molar-refractivity contribution in [1.82, 2.24) is 4.90 Å². The predicted molar refractivity (Wildman–Crippen MR) is 76.2 cm³/mol. The van der Waals surface area contributed by atoms with E-state index < -0.39 is 5.97 Å². The highest BCUT2D eigenvalue weighted by atomic mass is 79.9. The Labute approximate surface area is 125 Å². The summed E-state index contributed by atoms with van der Waals surface area (Å²) in [5.74, 6) is -0.0378. The molecule has 0 N–H and O–H groups in total. The Balaban J connectivity index is 2.90. The fourth-order valence-corrected chi connectivity index (χ4v) is 1.88. The number of benzene rings is 1. The van der Waals surface area contributed by atoms with E-state index in [4.69, 9.17) is 14.2 Å². The molecule has 0 aromatic heterocycles. The first-order valence-electron chi connectivity index (χ1n) is 5.69. The van der Waals surface area contributed by atoms with Gasteiger partial charge in [-0.15, -0.1) is 0 Å². The summed E-state index contributed by atoms with van der Waals surface area (Å²) >= 11 is 3.30. The van der Waals surface area contributed by atoms with E-state index in [-0.39, 0.29) is 18.1 Å². The first-order valence-corrected chi connectivity index (χ1v) is 6.48. The van der Waals surface area contributed by atoms with E-state index in [1.165, 1.54) is 31.3 Å². The summed E-state index contributed by atoms with van der Waals surface area (Å²) < 4.78 is 15.8. The standard InChI is InChI=1S/C13H16BrNO5/c1-15(2)11(16)7-20-13(17)8-5-9(18-3)12(14)10(6-8)19-4/h5-6H,7H2,1-4H3. The monoisotopic (exact) mass is 345 g/mol. The number of nitrogens with zero attached hydrogens (tertiary/aromatic N) is 1. The van der Waals surface area contributed by atoms with Gasteiger partial charge in [0.05, 0.1) is 19.8 Å². The van der Waals surface area contributed by atoms with Crippen molar-refractivity contribution in [3.8, 4) is 11.5 Å². The van der Waals surface area contributed by atoms with Crippen molar-refractivity contribution in [1.29, 1.82) is 0 Å². The summed E-state index contributed by atoms with van der Waals surface area (Å²) in [5, 5.41) is 0. The molecule has 0 saturated heterocycles. The van der Waals surface area contributed by atoms with Crippen LogP contribution in [-0.2, 0) is 9.53 Å². The Kier molecular flexibility index (Phi) is 5.82. The Hall–Kier alpha value is -1.76. The van der Waals surface area contributed by atoms with Crippen LogP contribution in [0.5, 0.6) is 11.5 Å². The van der Waals surface area contributed by atoms with Gasteiger partial charge in [-0.2, -0.15) is 0 Å². The molecule has 7 heteroatoms. The highest BCUT2D eigenvalue weighted by Crippen LogP contribution is 2.35. The number of likely N-dealkylation sites (N-methyl/N-ethyl adjacent to an activating group) is 1. The number of rotatable bonds is 5. The maximum Gasteiger partial charge on any atom is 0.338 e. The third-order valence-corrected chi connectivity index (χ3v) is 3.29. The average Bonchev–Trinajstić information content (AvgIpc) is 2.44. The smallest absolute Gasteiger partial charge is 0.338 e. The second-order valence-electron chi connectivity index (χ2n) is 4.06. The molecule has 0 spiro atoms. The molecule has 0 aliphatic heterocycles. The maximum absolute atomic E-state index is 11.9. The second-order valence-corrected chi connectivity index (χ2v) is 4.85. The fraction of sp³-hybridized carbons (Fsp3) is 0.385. The number of methoxy groups -OCH3 is 2. The SMILES string of the molecule is COc1cc(C(=O)OCC(=O)N(C)C)cc(OC)c1Br. The Morgan fingerprint density at radius 1 is 1.15 bits per heavy atom. The summed E-state index contributed by atoms with van der Waals surface area (Å²) in [6, 6.07) is 3.02. The number of hydrogen-bond acceptors (Lipinski definition) is 5. The van der Waals surface area contributed by atoms with Gasteiger partial charge in [-0.3, -0.25) is 4.79 Å². The van der Waals surface area contributed by atoms with Crippen LogP contribution >= 0.6 is 15.9 Å². The molecule has 1 aromatic carbocycles. The molecular weight excluding hydrogens is 330 g/mol. The zero-order valence-electron chi connectivity index (χ0n) is 11.7. The van der Waals surface area contributed by atoms with E-state index in [9.17, 15) is 9.59 Å². The number of hydrogen-bond donors (Lipinski definition) is 0. The summed E-state index contributed by atoms with van der Waals surface area (Å²) in [4.78, 5) is 24.6. The molecule has 0 heterocycles. The van der Waals surface area contributed by atoms with E-state index >= 15 is 0 Å². The van der Waals surface area contributed by atoms with E-state index in [1.807, 2.05) is 0 Å². The summed E-state index contributed by atoms with van der Waals surface area (Å²) in [6.45, 7) is -0.313. The van der Waals surface area contributed by atoms with E-state index in [2.05, 4.69) is 15.9 Å². The number of carbonyl (C=O) groups excluding carboxylic acids is 2. The quantitative estimate of drug-likeness (QED) is 0.760. The normalized spacial score (nSPS) is 9.85. The summed E-state index contributed by atoms with van der Waals surface area (Å²) in [5.41, 5.74) is 0.244. The number of ether oxygens (including phenoxy) is 3. The van der Waals surface area contributed by atoms with E-state index in [0.29, 0.717) is 16.0 Å². The Morgan fingerprint density at radius 2 is 1.65 bits per heavy atom. The molecule has 0 radical (unpaired) electrons. The van der Waals surface area contributed by atoms with Gasteiger partial charge in [0.25, 0.3) is 5.91 Å². The molecular formula is C13H16BrNO5. The maximum atomic E-state index is 11.9. The lowest BCUT2D eigenvalue weighted by Gasteiger charge is -2.12. The minimum absolute atomic E-state index is 0.244. The Morgan fingerprint density at radius 3 is 2.05 bits per heavy atom. The highest BCUT2D eigenvalue weighted by Gasteiger charge is 2.17. The van der Waals surface area contributed by atoms with Gasteiger partial charge in [-0.05, 0) is 28.1 Å². The van der Waals surface area contributed by atoms with Crippen LogP contribution in [0.25, 0.3) is 0 Å². The molecule has 0 fully saturated rings. The third-order valence-electron chi connectivity index (χ3n) is 2.51. The van der Waals surface area contributed by atoms with Gasteiger partial charge < -0.3 is 19.1 Å². The molecule has 0 atom stereocenters. The van der Waals surface area contributed by atoms with Crippen molar-refractivity contribution < 1.29 is 23.8 Å². The van der Waals surface area contributed by atoms with Crippen molar-refractivity contribution in [2.24, 2.45) is 0 Å². The van der Waals surface area contributed by atoms with Gasteiger partial charge >= 0.3 is 5.97 Å². The van der Waals surface area contributed by atoms with E-state index in [1.54, 1.807) is 14.1 Å². The first-order chi connectivity index (χ1) is 9.40. The number of amides is 1. The molecule has 0 saturated carbocycles. The zero-order chi connectivity index (χ0) is 15.3. The molecule has 20 heavy (non-hydrogen) atoms. The zero-order valence-corrected chi connectivity index (χ0v) is 13.3. The van der Waals surface area contributed by atoms with E-state index in [0.717, 1.165) is 0 Å². The van der Waals surface area contributed by atoms with Crippen LogP contribution in [0, 0.1) is 0 Å². The lowest BCUT2D eigenvalue weighted by atomic mass is 10.2. The van der Waals surface area contributed by atoms with Crippen LogP contribution in [0.4, 0.5) is 0 Å². The minimum atomic E-state index is -0.621. The van der Waals surface area contributed by atoms with Crippen molar-refractivity contribution in [3.05, 3.63) is 22.2 Å². The van der Waals surface area contributed by atoms with Gasteiger partial charge in [-0.1, -0.05) is 0 Å². The van der Waals surface area contributed by atoms with Crippen LogP contribution < -0.4 is 9.47 Å². The molecule has 0 unspecified atom stereocenters. The topological polar surface area (TPSA) is 65.1 Å². The second kappa shape index (κ2) is 7.14. The fourth-order valence-electron chi connectivity index (χ4n) is 1.33.